The molecule has 6 aromatic rings. The molecule has 8 heteroatoms. The third kappa shape index (κ3) is 5.03. The van der Waals surface area contributed by atoms with Gasteiger partial charge < -0.3 is 5.32 Å². The average molecular weight is 625 g/mol. The highest BCUT2D eigenvalue weighted by Crippen LogP contribution is 2.39. The fraction of sp³-hybridized carbons (Fsp3) is 0.156. The van der Waals surface area contributed by atoms with Crippen LogP contribution in [0, 0.1) is 6.92 Å². The lowest BCUT2D eigenvalue weighted by Crippen LogP contribution is -2.11. The molecule has 0 saturated heterocycles. The van der Waals surface area contributed by atoms with Crippen LogP contribution in [-0.2, 0) is 12.8 Å². The summed E-state index contributed by atoms with van der Waals surface area (Å²) in [6, 6.07) is 25.2. The van der Waals surface area contributed by atoms with Crippen LogP contribution >= 0.6 is 38.6 Å². The Morgan fingerprint density at radius 2 is 1.75 bits per heavy atom. The fourth-order valence-electron chi connectivity index (χ4n) is 5.18. The molecule has 5 nitrogen and oxygen atoms in total. The number of nitrogens with one attached hydrogen (secondary N) is 1. The molecule has 1 N–H and O–H groups in total. The highest BCUT2D eigenvalue weighted by molar-refractivity contribution is 9.10. The topological polar surface area (TPSA) is 55.1 Å². The van der Waals surface area contributed by atoms with Crippen molar-refractivity contribution in [1.29, 1.82) is 0 Å². The van der Waals surface area contributed by atoms with Gasteiger partial charge in [0.05, 0.1) is 16.0 Å². The molecule has 0 radical (unpaired) electrons. The number of nitrogens with zero attached hydrogens (tertiary/aromatic N) is 4. The molecule has 1 aliphatic carbocycles. The maximum absolute atomic E-state index is 5.08. The monoisotopic (exact) mass is 623 g/mol. The first-order chi connectivity index (χ1) is 19.6. The SMILES string of the molecule is Cc1cccc(-n2cc(-c3ccc(Br)cc3)sc2=Nc2ccc(Nc3ncnc4sc5c(c34)CCCC5)cc2)c1. The minimum Gasteiger partial charge on any atom is -0.340 e. The largest absolute Gasteiger partial charge is 0.340 e. The van der Waals surface area contributed by atoms with Crippen LogP contribution in [0.1, 0.15) is 28.8 Å². The summed E-state index contributed by atoms with van der Waals surface area (Å²) in [6.45, 7) is 2.12. The van der Waals surface area contributed by atoms with E-state index in [1.807, 2.05) is 11.3 Å². The second-order valence-electron chi connectivity index (χ2n) is 9.99. The molecule has 0 fully saturated rings. The van der Waals surface area contributed by atoms with Crippen LogP contribution in [0.3, 0.4) is 0 Å². The van der Waals surface area contributed by atoms with Gasteiger partial charge in [0, 0.05) is 26.9 Å². The van der Waals surface area contributed by atoms with Crippen LogP contribution < -0.4 is 10.1 Å². The Labute approximate surface area is 249 Å². The quantitative estimate of drug-likeness (QED) is 0.208. The number of thiazole rings is 1. The summed E-state index contributed by atoms with van der Waals surface area (Å²) in [7, 11) is 0. The van der Waals surface area contributed by atoms with E-state index in [1.54, 1.807) is 17.7 Å². The van der Waals surface area contributed by atoms with Crippen molar-refractivity contribution in [2.45, 2.75) is 32.6 Å². The maximum Gasteiger partial charge on any atom is 0.195 e. The smallest absolute Gasteiger partial charge is 0.195 e. The Bertz CT molecular complexity index is 1900. The summed E-state index contributed by atoms with van der Waals surface area (Å²) >= 11 is 7.05. The van der Waals surface area contributed by atoms with Crippen LogP contribution in [0.15, 0.2) is 94.8 Å². The summed E-state index contributed by atoms with van der Waals surface area (Å²) < 4.78 is 3.25. The summed E-state index contributed by atoms with van der Waals surface area (Å²) in [6.07, 6.45) is 8.61. The van der Waals surface area contributed by atoms with E-state index < -0.39 is 0 Å². The van der Waals surface area contributed by atoms with Gasteiger partial charge in [0.2, 0.25) is 0 Å². The number of benzene rings is 3. The van der Waals surface area contributed by atoms with Crippen molar-refractivity contribution >= 4 is 66.0 Å². The van der Waals surface area contributed by atoms with Gasteiger partial charge in [-0.2, -0.15) is 0 Å². The summed E-state index contributed by atoms with van der Waals surface area (Å²) in [5.74, 6) is 0.892. The van der Waals surface area contributed by atoms with Gasteiger partial charge in [0.15, 0.2) is 4.80 Å². The molecule has 0 amide bonds. The van der Waals surface area contributed by atoms with Gasteiger partial charge in [-0.15, -0.1) is 11.3 Å². The maximum atomic E-state index is 5.08. The van der Waals surface area contributed by atoms with Crippen molar-refractivity contribution in [2.24, 2.45) is 4.99 Å². The Kier molecular flexibility index (Phi) is 6.83. The normalized spacial score (nSPS) is 13.5. The number of hydrogen-bond donors (Lipinski definition) is 1. The number of anilines is 2. The molecule has 0 unspecified atom stereocenters. The molecular weight excluding hydrogens is 598 g/mol. The minimum atomic E-state index is 0.892. The Morgan fingerprint density at radius 3 is 2.58 bits per heavy atom. The Balaban J connectivity index is 1.24. The molecular formula is C32H26BrN5S2. The van der Waals surface area contributed by atoms with Crippen LogP contribution in [0.25, 0.3) is 26.3 Å². The number of aromatic nitrogens is 3. The van der Waals surface area contributed by atoms with E-state index in [2.05, 4.69) is 122 Å². The first-order valence-electron chi connectivity index (χ1n) is 13.3. The molecule has 0 aliphatic heterocycles. The zero-order valence-corrected chi connectivity index (χ0v) is 25.1. The van der Waals surface area contributed by atoms with Crippen molar-refractivity contribution in [1.82, 2.24) is 14.5 Å². The van der Waals surface area contributed by atoms with Crippen molar-refractivity contribution in [3.8, 4) is 16.1 Å². The van der Waals surface area contributed by atoms with Gasteiger partial charge in [-0.1, -0.05) is 51.5 Å². The summed E-state index contributed by atoms with van der Waals surface area (Å²) in [5, 5.41) is 4.74. The predicted molar refractivity (Wildman–Crippen MR) is 171 cm³/mol. The minimum absolute atomic E-state index is 0.892. The van der Waals surface area contributed by atoms with Crippen molar-refractivity contribution in [3.63, 3.8) is 0 Å². The third-order valence-corrected chi connectivity index (χ3v) is 9.93. The molecule has 0 saturated carbocycles. The molecule has 3 aromatic heterocycles. The number of rotatable bonds is 5. The number of halogens is 1. The van der Waals surface area contributed by atoms with E-state index in [1.165, 1.54) is 39.8 Å². The highest BCUT2D eigenvalue weighted by atomic mass is 79.9. The Hall–Kier alpha value is -3.59. The molecule has 7 rings (SSSR count). The van der Waals surface area contributed by atoms with Crippen molar-refractivity contribution < 1.29 is 0 Å². The molecule has 0 atom stereocenters. The second-order valence-corrected chi connectivity index (χ2v) is 13.0. The number of thiophene rings is 1. The van der Waals surface area contributed by atoms with E-state index in [4.69, 9.17) is 4.99 Å². The van der Waals surface area contributed by atoms with E-state index in [0.717, 1.165) is 54.7 Å². The lowest BCUT2D eigenvalue weighted by atomic mass is 9.97. The first-order valence-corrected chi connectivity index (χ1v) is 15.8. The number of fused-ring (bicyclic) bond motifs is 3. The summed E-state index contributed by atoms with van der Waals surface area (Å²) in [5.41, 5.74) is 6.81. The first kappa shape index (κ1) is 25.4. The molecule has 0 spiro atoms. The lowest BCUT2D eigenvalue weighted by Gasteiger charge is -2.12. The highest BCUT2D eigenvalue weighted by Gasteiger charge is 2.20. The molecule has 3 aromatic carbocycles. The van der Waals surface area contributed by atoms with Gasteiger partial charge in [0.25, 0.3) is 0 Å². The third-order valence-electron chi connectivity index (χ3n) is 7.17. The van der Waals surface area contributed by atoms with Crippen molar-refractivity contribution in [3.05, 3.63) is 111 Å². The second kappa shape index (κ2) is 10.8. The fourth-order valence-corrected chi connectivity index (χ4v) is 7.69. The van der Waals surface area contributed by atoms with Gasteiger partial charge in [-0.25, -0.2) is 15.0 Å². The number of aryl methyl sites for hydroxylation is 3. The van der Waals surface area contributed by atoms with E-state index in [0.29, 0.717) is 0 Å². The van der Waals surface area contributed by atoms with E-state index in [9.17, 15) is 0 Å². The zero-order chi connectivity index (χ0) is 27.1. The van der Waals surface area contributed by atoms with Crippen LogP contribution in [0.5, 0.6) is 0 Å². The number of hydrogen-bond acceptors (Lipinski definition) is 6. The van der Waals surface area contributed by atoms with E-state index >= 15 is 0 Å². The Morgan fingerprint density at radius 1 is 0.925 bits per heavy atom. The van der Waals surface area contributed by atoms with Crippen LogP contribution in [0.2, 0.25) is 0 Å². The average Bonchev–Trinajstić information content (AvgIpc) is 3.57. The lowest BCUT2D eigenvalue weighted by molar-refractivity contribution is 0.700. The molecule has 198 valence electrons. The van der Waals surface area contributed by atoms with Gasteiger partial charge in [0.1, 0.15) is 17.0 Å². The van der Waals surface area contributed by atoms with Crippen LogP contribution in [0.4, 0.5) is 17.2 Å². The van der Waals surface area contributed by atoms with E-state index in [-0.39, 0.29) is 0 Å². The molecule has 40 heavy (non-hydrogen) atoms. The molecule has 3 heterocycles. The standard InChI is InChI=1S/C32H26BrN5S2/c1-20-5-4-6-25(17-20)38-18-28(21-9-11-22(33)12-10-21)40-32(38)37-24-15-13-23(14-16-24)36-30-29-26-7-2-3-8-27(26)39-31(29)35-19-34-30/h4-6,9-19H,2-3,7-8H2,1H3,(H,34,35,36). The zero-order valence-electron chi connectivity index (χ0n) is 21.9. The van der Waals surface area contributed by atoms with Gasteiger partial charge >= 0.3 is 0 Å². The predicted octanol–water partition coefficient (Wildman–Crippen LogP) is 9.14. The summed E-state index contributed by atoms with van der Waals surface area (Å²) in [4.78, 5) is 18.9. The van der Waals surface area contributed by atoms with Gasteiger partial charge in [-0.3, -0.25) is 4.57 Å². The van der Waals surface area contributed by atoms with Gasteiger partial charge in [-0.05, 0) is 97.8 Å². The van der Waals surface area contributed by atoms with Crippen molar-refractivity contribution in [2.75, 3.05) is 5.32 Å². The molecule has 1 aliphatic rings. The molecule has 0 bridgehead atoms. The van der Waals surface area contributed by atoms with Crippen LogP contribution in [-0.4, -0.2) is 14.5 Å².